The molecule has 0 saturated carbocycles. The highest BCUT2D eigenvalue weighted by atomic mass is 32.2. The van der Waals surface area contributed by atoms with Crippen LogP contribution in [0.1, 0.15) is 36.0 Å². The number of hydrogen-bond donors (Lipinski definition) is 2. The topological polar surface area (TPSA) is 75.3 Å². The van der Waals surface area contributed by atoms with Gasteiger partial charge in [-0.05, 0) is 42.5 Å². The summed E-state index contributed by atoms with van der Waals surface area (Å²) >= 11 is 0. The van der Waals surface area contributed by atoms with E-state index in [2.05, 4.69) is 10.0 Å². The van der Waals surface area contributed by atoms with Crippen molar-refractivity contribution in [2.75, 3.05) is 13.1 Å². The highest BCUT2D eigenvalue weighted by Gasteiger charge is 2.16. The van der Waals surface area contributed by atoms with Crippen molar-refractivity contribution in [1.29, 1.82) is 0 Å². The number of aryl methyl sites for hydroxylation is 2. The summed E-state index contributed by atoms with van der Waals surface area (Å²) in [7, 11) is -3.58. The first-order valence-corrected chi connectivity index (χ1v) is 10.2. The Hall–Kier alpha value is -2.18. The highest BCUT2D eigenvalue weighted by molar-refractivity contribution is 7.89. The molecule has 0 aliphatic carbocycles. The van der Waals surface area contributed by atoms with Gasteiger partial charge in [-0.1, -0.05) is 49.4 Å². The molecule has 0 aliphatic rings. The minimum absolute atomic E-state index is 0.0905. The van der Waals surface area contributed by atoms with Gasteiger partial charge in [-0.2, -0.15) is 0 Å². The van der Waals surface area contributed by atoms with E-state index in [9.17, 15) is 13.2 Å². The lowest BCUT2D eigenvalue weighted by molar-refractivity contribution is -0.121. The first-order valence-electron chi connectivity index (χ1n) is 8.68. The molecular weight excluding hydrogens is 348 g/mol. The summed E-state index contributed by atoms with van der Waals surface area (Å²) in [5.41, 5.74) is 2.70. The number of benzene rings is 2. The molecular formula is C20H26N2O3S. The summed E-state index contributed by atoms with van der Waals surface area (Å²) in [4.78, 5) is 12.3. The molecule has 0 radical (unpaired) electrons. The average Bonchev–Trinajstić information content (AvgIpc) is 2.61. The van der Waals surface area contributed by atoms with Crippen molar-refractivity contribution in [2.45, 2.75) is 38.0 Å². The van der Waals surface area contributed by atoms with Crippen LogP contribution in [0, 0.1) is 13.8 Å². The van der Waals surface area contributed by atoms with Crippen LogP contribution in [0.4, 0.5) is 0 Å². The normalized spacial score (nSPS) is 12.6. The molecule has 1 atom stereocenters. The molecule has 2 rings (SSSR count). The van der Waals surface area contributed by atoms with Crippen molar-refractivity contribution in [3.8, 4) is 0 Å². The summed E-state index contributed by atoms with van der Waals surface area (Å²) in [5, 5.41) is 2.77. The fourth-order valence-electron chi connectivity index (χ4n) is 2.71. The Labute approximate surface area is 155 Å². The Morgan fingerprint density at radius 1 is 1.04 bits per heavy atom. The Balaban J connectivity index is 1.80. The van der Waals surface area contributed by atoms with Crippen molar-refractivity contribution in [2.24, 2.45) is 0 Å². The highest BCUT2D eigenvalue weighted by Crippen LogP contribution is 2.18. The van der Waals surface area contributed by atoms with Crippen LogP contribution >= 0.6 is 0 Å². The lowest BCUT2D eigenvalue weighted by atomic mass is 9.98. The Morgan fingerprint density at radius 2 is 1.73 bits per heavy atom. The zero-order chi connectivity index (χ0) is 19.2. The van der Waals surface area contributed by atoms with Crippen molar-refractivity contribution in [3.05, 3.63) is 65.2 Å². The van der Waals surface area contributed by atoms with Crippen LogP contribution in [-0.4, -0.2) is 27.4 Å². The van der Waals surface area contributed by atoms with Gasteiger partial charge in [0.05, 0.1) is 4.90 Å². The van der Waals surface area contributed by atoms with Crippen LogP contribution in [0.3, 0.4) is 0 Å². The van der Waals surface area contributed by atoms with E-state index in [1.54, 1.807) is 19.1 Å². The van der Waals surface area contributed by atoms with E-state index in [0.29, 0.717) is 12.0 Å². The van der Waals surface area contributed by atoms with Gasteiger partial charge in [0.2, 0.25) is 15.9 Å². The first kappa shape index (κ1) is 20.1. The summed E-state index contributed by atoms with van der Waals surface area (Å²) in [6.07, 6.45) is 0.369. The number of hydrogen-bond acceptors (Lipinski definition) is 3. The van der Waals surface area contributed by atoms with Gasteiger partial charge >= 0.3 is 0 Å². The smallest absolute Gasteiger partial charge is 0.240 e. The predicted molar refractivity (Wildman–Crippen MR) is 104 cm³/mol. The molecule has 0 fully saturated rings. The maximum atomic E-state index is 12.4. The molecule has 0 heterocycles. The summed E-state index contributed by atoms with van der Waals surface area (Å²) in [6.45, 7) is 6.02. The predicted octanol–water partition coefficient (Wildman–Crippen LogP) is 2.89. The molecule has 1 unspecified atom stereocenters. The maximum Gasteiger partial charge on any atom is 0.240 e. The molecule has 0 aromatic heterocycles. The van der Waals surface area contributed by atoms with Crippen molar-refractivity contribution in [3.63, 3.8) is 0 Å². The minimum atomic E-state index is -3.58. The van der Waals surface area contributed by atoms with E-state index < -0.39 is 10.0 Å². The van der Waals surface area contributed by atoms with Crippen LogP contribution in [0.2, 0.25) is 0 Å². The zero-order valence-electron chi connectivity index (χ0n) is 15.5. The number of rotatable bonds is 8. The third kappa shape index (κ3) is 5.68. The third-order valence-corrected chi connectivity index (χ3v) is 5.84. The average molecular weight is 375 g/mol. The molecule has 0 aliphatic heterocycles. The van der Waals surface area contributed by atoms with Crippen LogP contribution in [0.15, 0.2) is 53.4 Å². The quantitative estimate of drug-likeness (QED) is 0.698. The van der Waals surface area contributed by atoms with Crippen LogP contribution in [0.5, 0.6) is 0 Å². The van der Waals surface area contributed by atoms with Crippen LogP contribution in [0.25, 0.3) is 0 Å². The minimum Gasteiger partial charge on any atom is -0.355 e. The molecule has 26 heavy (non-hydrogen) atoms. The van der Waals surface area contributed by atoms with Gasteiger partial charge in [0.1, 0.15) is 0 Å². The second kappa shape index (κ2) is 8.96. The molecule has 6 heteroatoms. The van der Waals surface area contributed by atoms with Gasteiger partial charge in [0.15, 0.2) is 0 Å². The number of carbonyl (C=O) groups excluding carboxylic acids is 1. The Bertz CT molecular complexity index is 849. The molecule has 5 nitrogen and oxygen atoms in total. The number of amides is 1. The molecule has 2 N–H and O–H groups in total. The van der Waals surface area contributed by atoms with Crippen LogP contribution in [-0.2, 0) is 14.8 Å². The summed E-state index contributed by atoms with van der Waals surface area (Å²) in [6, 6.07) is 15.2. The molecule has 140 valence electrons. The van der Waals surface area contributed by atoms with E-state index in [4.69, 9.17) is 0 Å². The van der Waals surface area contributed by atoms with Crippen molar-refractivity contribution < 1.29 is 13.2 Å². The number of nitrogens with one attached hydrogen (secondary N) is 2. The lowest BCUT2D eigenvalue weighted by Crippen LogP contribution is -2.35. The van der Waals surface area contributed by atoms with E-state index in [1.807, 2.05) is 50.2 Å². The molecule has 2 aromatic carbocycles. The fraction of sp³-hybridized carbons (Fsp3) is 0.350. The van der Waals surface area contributed by atoms with Gasteiger partial charge < -0.3 is 5.32 Å². The standard InChI is InChI=1S/C20H26N2O3S/c1-15-9-10-16(2)19(13-15)26(24,25)22-12-11-21-20(23)14-17(3)18-7-5-4-6-8-18/h4-10,13,17,22H,11-12,14H2,1-3H3,(H,21,23). The van der Waals surface area contributed by atoms with E-state index in [1.165, 1.54) is 0 Å². The SMILES string of the molecule is Cc1ccc(C)c(S(=O)(=O)NCCNC(=O)CC(C)c2ccccc2)c1. The van der Waals surface area contributed by atoms with Gasteiger partial charge in [-0.25, -0.2) is 13.1 Å². The fourth-order valence-corrected chi connectivity index (χ4v) is 4.07. The Kier molecular flexibility index (Phi) is 6.94. The van der Waals surface area contributed by atoms with Gasteiger partial charge in [0, 0.05) is 19.5 Å². The summed E-state index contributed by atoms with van der Waals surface area (Å²) in [5.74, 6) is 0.0233. The van der Waals surface area contributed by atoms with Crippen molar-refractivity contribution >= 4 is 15.9 Å². The lowest BCUT2D eigenvalue weighted by Gasteiger charge is -2.13. The van der Waals surface area contributed by atoms with Crippen molar-refractivity contribution in [1.82, 2.24) is 10.0 Å². The first-order chi connectivity index (χ1) is 12.3. The number of carbonyl (C=O) groups is 1. The molecule has 0 bridgehead atoms. The second-order valence-electron chi connectivity index (χ2n) is 6.53. The number of sulfonamides is 1. The van der Waals surface area contributed by atoms with E-state index in [0.717, 1.165) is 11.1 Å². The maximum absolute atomic E-state index is 12.4. The monoisotopic (exact) mass is 374 g/mol. The molecule has 2 aromatic rings. The molecule has 0 saturated heterocycles. The Morgan fingerprint density at radius 3 is 2.42 bits per heavy atom. The van der Waals surface area contributed by atoms with Gasteiger partial charge in [-0.3, -0.25) is 4.79 Å². The van der Waals surface area contributed by atoms with Crippen LogP contribution < -0.4 is 10.0 Å². The summed E-state index contributed by atoms with van der Waals surface area (Å²) < 4.78 is 27.3. The van der Waals surface area contributed by atoms with E-state index >= 15 is 0 Å². The second-order valence-corrected chi connectivity index (χ2v) is 8.27. The third-order valence-electron chi connectivity index (χ3n) is 4.23. The zero-order valence-corrected chi connectivity index (χ0v) is 16.3. The molecule has 1 amide bonds. The molecule has 0 spiro atoms. The van der Waals surface area contributed by atoms with E-state index in [-0.39, 0.29) is 29.8 Å². The van der Waals surface area contributed by atoms with Gasteiger partial charge in [0.25, 0.3) is 0 Å². The van der Waals surface area contributed by atoms with Gasteiger partial charge in [-0.15, -0.1) is 0 Å². The largest absolute Gasteiger partial charge is 0.355 e.